The van der Waals surface area contributed by atoms with Gasteiger partial charge in [-0.2, -0.15) is 0 Å². The number of para-hydroxylation sites is 2. The second-order valence-electron chi connectivity index (χ2n) is 6.75. The van der Waals surface area contributed by atoms with Gasteiger partial charge in [0.25, 0.3) is 0 Å². The maximum absolute atomic E-state index is 13.7. The minimum Gasteiger partial charge on any atom is -0.361 e. The van der Waals surface area contributed by atoms with Gasteiger partial charge >= 0.3 is 0 Å². The summed E-state index contributed by atoms with van der Waals surface area (Å²) in [7, 11) is 1.86. The van der Waals surface area contributed by atoms with Crippen LogP contribution in [0.2, 0.25) is 0 Å². The van der Waals surface area contributed by atoms with E-state index < -0.39 is 5.41 Å². The van der Waals surface area contributed by atoms with Crippen LogP contribution < -0.4 is 4.90 Å². The van der Waals surface area contributed by atoms with E-state index >= 15 is 0 Å². The van der Waals surface area contributed by atoms with Crippen molar-refractivity contribution in [3.05, 3.63) is 102 Å². The summed E-state index contributed by atoms with van der Waals surface area (Å²) in [6.07, 6.45) is 1.99. The maximum Gasteiger partial charge on any atom is 0.246 e. The normalized spacial score (nSPS) is 19.1. The first-order chi connectivity index (χ1) is 12.7. The Balaban J connectivity index is 1.95. The van der Waals surface area contributed by atoms with Gasteiger partial charge in [0, 0.05) is 41.0 Å². The van der Waals surface area contributed by atoms with E-state index in [0.717, 1.165) is 33.3 Å². The molecule has 3 aromatic carbocycles. The lowest BCUT2D eigenvalue weighted by atomic mass is 9.70. The standard InChI is InChI=1S/C23H18N2O/c1-25-21-14-8-6-12-18(21)23(22(25)26,16-9-3-2-4-10-16)19-15-24-20-13-7-5-11-17(19)20/h2-15,24H,1H3. The van der Waals surface area contributed by atoms with Crippen LogP contribution in [0.4, 0.5) is 5.69 Å². The number of carbonyl (C=O) groups is 1. The van der Waals surface area contributed by atoms with Crippen molar-refractivity contribution in [3.8, 4) is 0 Å². The zero-order valence-corrected chi connectivity index (χ0v) is 14.4. The topological polar surface area (TPSA) is 36.1 Å². The van der Waals surface area contributed by atoms with Crippen molar-refractivity contribution >= 4 is 22.5 Å². The Labute approximate surface area is 151 Å². The molecule has 2 heterocycles. The predicted octanol–water partition coefficient (Wildman–Crippen LogP) is 4.48. The Bertz CT molecular complexity index is 1130. The Morgan fingerprint density at radius 2 is 1.50 bits per heavy atom. The van der Waals surface area contributed by atoms with E-state index in [2.05, 4.69) is 29.2 Å². The molecule has 5 rings (SSSR count). The highest BCUT2D eigenvalue weighted by molar-refractivity contribution is 6.14. The van der Waals surface area contributed by atoms with Crippen LogP contribution in [0.5, 0.6) is 0 Å². The lowest BCUT2D eigenvalue weighted by molar-refractivity contribution is -0.120. The van der Waals surface area contributed by atoms with Crippen molar-refractivity contribution in [2.45, 2.75) is 5.41 Å². The number of nitrogens with zero attached hydrogens (tertiary/aromatic N) is 1. The van der Waals surface area contributed by atoms with Crippen molar-refractivity contribution in [2.75, 3.05) is 11.9 Å². The lowest BCUT2D eigenvalue weighted by Crippen LogP contribution is -2.40. The van der Waals surface area contributed by atoms with Crippen molar-refractivity contribution in [1.82, 2.24) is 4.98 Å². The first-order valence-electron chi connectivity index (χ1n) is 8.74. The molecule has 26 heavy (non-hydrogen) atoms. The Morgan fingerprint density at radius 1 is 0.808 bits per heavy atom. The van der Waals surface area contributed by atoms with Crippen LogP contribution >= 0.6 is 0 Å². The van der Waals surface area contributed by atoms with E-state index in [4.69, 9.17) is 0 Å². The average Bonchev–Trinajstić information content (AvgIpc) is 3.22. The first-order valence-corrected chi connectivity index (χ1v) is 8.74. The molecule has 0 aliphatic carbocycles. The molecule has 1 atom stereocenters. The van der Waals surface area contributed by atoms with Crippen LogP contribution in [-0.4, -0.2) is 17.9 Å². The van der Waals surface area contributed by atoms with Crippen LogP contribution in [0, 0.1) is 0 Å². The summed E-state index contributed by atoms with van der Waals surface area (Å²) in [6.45, 7) is 0. The van der Waals surface area contributed by atoms with Gasteiger partial charge in [0.05, 0.1) is 0 Å². The molecule has 0 radical (unpaired) electrons. The monoisotopic (exact) mass is 338 g/mol. The second-order valence-corrected chi connectivity index (χ2v) is 6.75. The van der Waals surface area contributed by atoms with Crippen molar-refractivity contribution < 1.29 is 4.79 Å². The number of hydrogen-bond donors (Lipinski definition) is 1. The number of carbonyl (C=O) groups excluding carboxylic acids is 1. The molecule has 1 amide bonds. The number of aromatic nitrogens is 1. The summed E-state index contributed by atoms with van der Waals surface area (Å²) in [4.78, 5) is 18.9. The predicted molar refractivity (Wildman–Crippen MR) is 104 cm³/mol. The number of nitrogens with one attached hydrogen (secondary N) is 1. The van der Waals surface area contributed by atoms with E-state index in [9.17, 15) is 4.79 Å². The fourth-order valence-electron chi connectivity index (χ4n) is 4.32. The summed E-state index contributed by atoms with van der Waals surface area (Å²) >= 11 is 0. The summed E-state index contributed by atoms with van der Waals surface area (Å²) in [5.41, 5.74) is 4.19. The minimum absolute atomic E-state index is 0.0784. The quantitative estimate of drug-likeness (QED) is 0.575. The van der Waals surface area contributed by atoms with Crippen molar-refractivity contribution in [3.63, 3.8) is 0 Å². The molecule has 3 nitrogen and oxygen atoms in total. The number of aromatic amines is 1. The van der Waals surface area contributed by atoms with Crippen molar-refractivity contribution in [1.29, 1.82) is 0 Å². The fourth-order valence-corrected chi connectivity index (χ4v) is 4.32. The molecule has 0 bridgehead atoms. The smallest absolute Gasteiger partial charge is 0.246 e. The molecule has 4 aromatic rings. The van der Waals surface area contributed by atoms with Gasteiger partial charge in [-0.05, 0) is 17.7 Å². The van der Waals surface area contributed by atoms with E-state index in [-0.39, 0.29) is 5.91 Å². The Hall–Kier alpha value is -3.33. The number of likely N-dealkylation sites (N-methyl/N-ethyl adjacent to an activating group) is 1. The van der Waals surface area contributed by atoms with Crippen LogP contribution in [0.25, 0.3) is 10.9 Å². The highest BCUT2D eigenvalue weighted by atomic mass is 16.2. The average molecular weight is 338 g/mol. The van der Waals surface area contributed by atoms with Gasteiger partial charge < -0.3 is 9.88 Å². The van der Waals surface area contributed by atoms with Crippen molar-refractivity contribution in [2.24, 2.45) is 0 Å². The van der Waals surface area contributed by atoms with E-state index in [1.807, 2.05) is 67.8 Å². The minimum atomic E-state index is -0.841. The molecule has 0 saturated carbocycles. The highest BCUT2D eigenvalue weighted by Gasteiger charge is 2.53. The zero-order valence-electron chi connectivity index (χ0n) is 14.4. The van der Waals surface area contributed by atoms with Crippen LogP contribution in [0.15, 0.2) is 85.1 Å². The maximum atomic E-state index is 13.7. The molecule has 126 valence electrons. The molecule has 1 N–H and O–H groups in total. The summed E-state index contributed by atoms with van der Waals surface area (Å²) < 4.78 is 0. The zero-order chi connectivity index (χ0) is 17.7. The summed E-state index contributed by atoms with van der Waals surface area (Å²) in [6, 6.07) is 26.3. The van der Waals surface area contributed by atoms with Gasteiger partial charge in [0.2, 0.25) is 5.91 Å². The van der Waals surface area contributed by atoms with E-state index in [1.165, 1.54) is 0 Å². The number of hydrogen-bond acceptors (Lipinski definition) is 1. The number of amides is 1. The Morgan fingerprint density at radius 3 is 2.35 bits per heavy atom. The van der Waals surface area contributed by atoms with Crippen LogP contribution in [-0.2, 0) is 10.2 Å². The largest absolute Gasteiger partial charge is 0.361 e. The molecule has 1 unspecified atom stereocenters. The third-order valence-corrected chi connectivity index (χ3v) is 5.49. The third-order valence-electron chi connectivity index (χ3n) is 5.49. The molecule has 0 saturated heterocycles. The van der Waals surface area contributed by atoms with Crippen LogP contribution in [0.3, 0.4) is 0 Å². The van der Waals surface area contributed by atoms with Gasteiger partial charge in [-0.1, -0.05) is 66.7 Å². The molecule has 3 heteroatoms. The van der Waals surface area contributed by atoms with E-state index in [1.54, 1.807) is 4.90 Å². The highest BCUT2D eigenvalue weighted by Crippen LogP contribution is 2.51. The number of anilines is 1. The first kappa shape index (κ1) is 15.0. The van der Waals surface area contributed by atoms with E-state index in [0.29, 0.717) is 0 Å². The third kappa shape index (κ3) is 1.75. The molecule has 1 aliphatic heterocycles. The summed E-state index contributed by atoms with van der Waals surface area (Å²) in [5.74, 6) is 0.0784. The van der Waals surface area contributed by atoms with Gasteiger partial charge in [0.1, 0.15) is 5.41 Å². The molecular weight excluding hydrogens is 320 g/mol. The lowest BCUT2D eigenvalue weighted by Gasteiger charge is -2.29. The molecule has 1 aromatic heterocycles. The molecule has 1 aliphatic rings. The molecule has 0 spiro atoms. The second kappa shape index (κ2) is 5.33. The molecule has 0 fully saturated rings. The number of H-pyrrole nitrogens is 1. The van der Waals surface area contributed by atoms with Gasteiger partial charge in [-0.3, -0.25) is 4.79 Å². The molecular formula is C23H18N2O. The SMILES string of the molecule is CN1C(=O)C(c2ccccc2)(c2c[nH]c3ccccc23)c2ccccc21. The number of rotatable bonds is 2. The number of fused-ring (bicyclic) bond motifs is 2. The fraction of sp³-hybridized carbons (Fsp3) is 0.0870. The van der Waals surface area contributed by atoms with Crippen LogP contribution in [0.1, 0.15) is 16.7 Å². The van der Waals surface area contributed by atoms with Gasteiger partial charge in [0.15, 0.2) is 0 Å². The summed E-state index contributed by atoms with van der Waals surface area (Å²) in [5, 5.41) is 1.08. The number of benzene rings is 3. The van der Waals surface area contributed by atoms with Gasteiger partial charge in [-0.25, -0.2) is 0 Å². The Kier molecular flexibility index (Phi) is 3.07. The van der Waals surface area contributed by atoms with Gasteiger partial charge in [-0.15, -0.1) is 0 Å².